The molecule has 0 radical (unpaired) electrons. The van der Waals surface area contributed by atoms with E-state index in [1.807, 2.05) is 26.0 Å². The van der Waals surface area contributed by atoms with E-state index in [-0.39, 0.29) is 36.6 Å². The van der Waals surface area contributed by atoms with Gasteiger partial charge in [0.05, 0.1) is 23.9 Å². The molecule has 1 aromatic carbocycles. The molecule has 3 aromatic rings. The number of rotatable bonds is 3. The Morgan fingerprint density at radius 3 is 2.80 bits per heavy atom. The molecule has 0 spiro atoms. The van der Waals surface area contributed by atoms with Crippen LogP contribution < -0.4 is 26.0 Å². The van der Waals surface area contributed by atoms with Crippen molar-refractivity contribution in [1.29, 1.82) is 0 Å². The molecular weight excluding hydrogens is 469 g/mol. The Morgan fingerprint density at radius 2 is 2.03 bits per heavy atom. The first-order valence-electron chi connectivity index (χ1n) is 11.9. The van der Waals surface area contributed by atoms with Crippen LogP contribution in [0.15, 0.2) is 18.2 Å². The number of nitrogens with zero attached hydrogens (tertiary/aromatic N) is 2. The second-order valence-electron chi connectivity index (χ2n) is 9.64. The van der Waals surface area contributed by atoms with E-state index in [4.69, 9.17) is 15.2 Å². The first-order chi connectivity index (χ1) is 16.9. The Labute approximate surface area is 206 Å². The summed E-state index contributed by atoms with van der Waals surface area (Å²) in [5.41, 5.74) is 9.92. The van der Waals surface area contributed by atoms with E-state index in [0.29, 0.717) is 41.4 Å². The molecule has 2 saturated heterocycles. The Bertz CT molecular complexity index is 1320. The van der Waals surface area contributed by atoms with E-state index in [0.717, 1.165) is 40.3 Å². The van der Waals surface area contributed by atoms with E-state index in [1.165, 1.54) is 11.3 Å². The van der Waals surface area contributed by atoms with Crippen LogP contribution >= 0.6 is 11.3 Å². The number of nitrogen functional groups attached to an aromatic ring is 1. The van der Waals surface area contributed by atoms with Gasteiger partial charge >= 0.3 is 0 Å². The first kappa shape index (κ1) is 22.5. The number of carbonyl (C=O) groups excluding carboxylic acids is 1. The molecule has 8 nitrogen and oxygen atoms in total. The van der Waals surface area contributed by atoms with Crippen LogP contribution in [0.5, 0.6) is 5.75 Å². The van der Waals surface area contributed by atoms with Crippen molar-refractivity contribution < 1.29 is 18.7 Å². The maximum Gasteiger partial charge on any atom is 0.263 e. The fourth-order valence-corrected chi connectivity index (χ4v) is 6.47. The van der Waals surface area contributed by atoms with Crippen molar-refractivity contribution in [2.75, 3.05) is 43.4 Å². The third kappa shape index (κ3) is 4.09. The van der Waals surface area contributed by atoms with E-state index < -0.39 is 0 Å². The summed E-state index contributed by atoms with van der Waals surface area (Å²) in [6.07, 6.45) is 0.560. The van der Waals surface area contributed by atoms with Crippen molar-refractivity contribution in [1.82, 2.24) is 15.6 Å². The van der Waals surface area contributed by atoms with Gasteiger partial charge in [0.2, 0.25) is 0 Å². The lowest BCUT2D eigenvalue weighted by atomic mass is 10.0. The quantitative estimate of drug-likeness (QED) is 0.511. The number of anilines is 2. The molecule has 6 rings (SSSR count). The van der Waals surface area contributed by atoms with Crippen LogP contribution in [-0.2, 0) is 11.2 Å². The second kappa shape index (κ2) is 8.61. The second-order valence-corrected chi connectivity index (χ2v) is 10.6. The smallest absolute Gasteiger partial charge is 0.263 e. The van der Waals surface area contributed by atoms with Gasteiger partial charge in [-0.25, -0.2) is 9.37 Å². The Morgan fingerprint density at radius 1 is 1.26 bits per heavy atom. The zero-order valence-electron chi connectivity index (χ0n) is 19.7. The number of pyridine rings is 1. The van der Waals surface area contributed by atoms with Crippen molar-refractivity contribution in [3.05, 3.63) is 45.7 Å². The zero-order valence-corrected chi connectivity index (χ0v) is 20.5. The molecular formula is C25H28FN5O3S. The van der Waals surface area contributed by atoms with Crippen molar-refractivity contribution in [2.24, 2.45) is 0 Å². The third-order valence-corrected chi connectivity index (χ3v) is 8.04. The van der Waals surface area contributed by atoms with Gasteiger partial charge in [0.15, 0.2) is 0 Å². The molecule has 35 heavy (non-hydrogen) atoms. The van der Waals surface area contributed by atoms with Gasteiger partial charge in [-0.15, -0.1) is 11.3 Å². The van der Waals surface area contributed by atoms with Gasteiger partial charge in [-0.3, -0.25) is 4.79 Å². The normalized spacial score (nSPS) is 23.6. The van der Waals surface area contributed by atoms with Gasteiger partial charge in [0, 0.05) is 61.0 Å². The molecule has 3 aliphatic rings. The molecule has 2 fully saturated rings. The SMILES string of the molecule is Cc1cc(C)c2c(N)c(C(=O)N[C@H]3COc4cc(N5CC6CNCC(C5)O6)cc(F)c4C3)sc2n1. The minimum Gasteiger partial charge on any atom is -0.491 e. The zero-order chi connectivity index (χ0) is 24.3. The number of fused-ring (bicyclic) bond motifs is 4. The van der Waals surface area contributed by atoms with Gasteiger partial charge in [-0.05, 0) is 31.5 Å². The summed E-state index contributed by atoms with van der Waals surface area (Å²) in [5.74, 6) is -0.0649. The average Bonchev–Trinajstić information content (AvgIpc) is 3.15. The number of amides is 1. The molecule has 2 unspecified atom stereocenters. The van der Waals surface area contributed by atoms with Gasteiger partial charge in [0.1, 0.15) is 27.9 Å². The third-order valence-electron chi connectivity index (χ3n) is 6.94. The highest BCUT2D eigenvalue weighted by Gasteiger charge is 2.33. The van der Waals surface area contributed by atoms with Crippen LogP contribution in [0.1, 0.15) is 26.5 Å². The highest BCUT2D eigenvalue weighted by molar-refractivity contribution is 7.21. The number of morpholine rings is 2. The van der Waals surface area contributed by atoms with Gasteiger partial charge in [-0.2, -0.15) is 0 Å². The maximum absolute atomic E-state index is 15.2. The lowest BCUT2D eigenvalue weighted by Gasteiger charge is -2.43. The highest BCUT2D eigenvalue weighted by Crippen LogP contribution is 2.36. The number of hydrogen-bond donors (Lipinski definition) is 3. The van der Waals surface area contributed by atoms with E-state index in [1.54, 1.807) is 6.07 Å². The first-order valence-corrected chi connectivity index (χ1v) is 12.7. The van der Waals surface area contributed by atoms with Crippen molar-refractivity contribution >= 4 is 38.8 Å². The number of ether oxygens (including phenoxy) is 2. The number of thiophene rings is 1. The van der Waals surface area contributed by atoms with Crippen LogP contribution in [0, 0.1) is 19.7 Å². The maximum atomic E-state index is 15.2. The molecule has 0 aliphatic carbocycles. The standard InChI is InChI=1S/C25H28FN5O3S/c1-12-3-13(2)29-25-21(12)22(27)23(35-25)24(32)30-14-4-18-19(26)5-15(6-20(18)33-11-14)31-9-16-7-28-8-17(10-31)34-16/h3,5-6,14,16-17,28H,4,7-11,27H2,1-2H3,(H,30,32)/t14-,16?,17?/m1/s1. The molecule has 3 aliphatic heterocycles. The van der Waals surface area contributed by atoms with Crippen molar-refractivity contribution in [3.63, 3.8) is 0 Å². The predicted octanol–water partition coefficient (Wildman–Crippen LogP) is 2.54. The molecule has 3 atom stereocenters. The summed E-state index contributed by atoms with van der Waals surface area (Å²) in [4.78, 5) is 20.9. The molecule has 5 heterocycles. The lowest BCUT2D eigenvalue weighted by molar-refractivity contribution is -0.0484. The summed E-state index contributed by atoms with van der Waals surface area (Å²) in [7, 11) is 0. The predicted molar refractivity (Wildman–Crippen MR) is 134 cm³/mol. The van der Waals surface area contributed by atoms with Crippen molar-refractivity contribution in [2.45, 2.75) is 38.5 Å². The van der Waals surface area contributed by atoms with Crippen LogP contribution in [0.3, 0.4) is 0 Å². The summed E-state index contributed by atoms with van der Waals surface area (Å²) in [6, 6.07) is 5.08. The van der Waals surface area contributed by atoms with Gasteiger partial charge in [0.25, 0.3) is 5.91 Å². The Kier molecular flexibility index (Phi) is 5.54. The number of halogens is 1. The Balaban J connectivity index is 1.19. The fraction of sp³-hybridized carbons (Fsp3) is 0.440. The monoisotopic (exact) mass is 497 g/mol. The minimum atomic E-state index is -0.357. The highest BCUT2D eigenvalue weighted by atomic mass is 32.1. The van der Waals surface area contributed by atoms with Crippen LogP contribution in [0.2, 0.25) is 0 Å². The van der Waals surface area contributed by atoms with Crippen LogP contribution in [0.25, 0.3) is 10.2 Å². The van der Waals surface area contributed by atoms with Crippen molar-refractivity contribution in [3.8, 4) is 5.75 Å². The molecule has 1 amide bonds. The summed E-state index contributed by atoms with van der Waals surface area (Å²) >= 11 is 1.28. The number of benzene rings is 1. The molecule has 184 valence electrons. The van der Waals surface area contributed by atoms with E-state index >= 15 is 4.39 Å². The number of nitrogens with one attached hydrogen (secondary N) is 2. The fourth-order valence-electron chi connectivity index (χ4n) is 5.35. The molecule has 2 aromatic heterocycles. The largest absolute Gasteiger partial charge is 0.491 e. The topological polar surface area (TPSA) is 102 Å². The molecule has 0 saturated carbocycles. The van der Waals surface area contributed by atoms with Crippen LogP contribution in [0.4, 0.5) is 15.8 Å². The summed E-state index contributed by atoms with van der Waals surface area (Å²) in [5, 5.41) is 7.17. The molecule has 10 heteroatoms. The molecule has 2 bridgehead atoms. The Hall–Kier alpha value is -2.95. The van der Waals surface area contributed by atoms with Crippen LogP contribution in [-0.4, -0.2) is 61.9 Å². The number of aryl methyl sites for hydroxylation is 2. The minimum absolute atomic E-state index is 0.103. The molecule has 4 N–H and O–H groups in total. The summed E-state index contributed by atoms with van der Waals surface area (Å²) < 4.78 is 27.1. The van der Waals surface area contributed by atoms with E-state index in [9.17, 15) is 4.79 Å². The van der Waals surface area contributed by atoms with E-state index in [2.05, 4.69) is 20.5 Å². The van der Waals surface area contributed by atoms with Gasteiger partial charge < -0.3 is 30.7 Å². The number of aromatic nitrogens is 1. The lowest BCUT2D eigenvalue weighted by Crippen LogP contribution is -2.58. The average molecular weight is 498 g/mol. The number of nitrogens with two attached hydrogens (primary N) is 1. The number of carbonyl (C=O) groups is 1. The summed E-state index contributed by atoms with van der Waals surface area (Å²) in [6.45, 7) is 7.18. The number of hydrogen-bond acceptors (Lipinski definition) is 8. The van der Waals surface area contributed by atoms with Gasteiger partial charge in [-0.1, -0.05) is 0 Å².